The zero-order valence-electron chi connectivity index (χ0n) is 17.1. The van der Waals surface area contributed by atoms with Crippen LogP contribution >= 0.6 is 0 Å². The number of nitrogens with one attached hydrogen (secondary N) is 2. The van der Waals surface area contributed by atoms with Crippen LogP contribution in [0.15, 0.2) is 36.4 Å². The van der Waals surface area contributed by atoms with E-state index in [2.05, 4.69) is 5.32 Å². The third kappa shape index (κ3) is 5.06. The second-order valence-electron chi connectivity index (χ2n) is 7.04. The van der Waals surface area contributed by atoms with E-state index in [4.69, 9.17) is 4.74 Å². The normalized spacial score (nSPS) is 12.6. The second-order valence-corrected chi connectivity index (χ2v) is 7.04. The van der Waals surface area contributed by atoms with E-state index in [9.17, 15) is 24.0 Å². The standard InChI is InChI=1S/C22H23N3O6/c1-2-11-23-22(30)24-17(26)13-31-18(27)10-5-12-25-20(28)15-8-3-6-14-7-4-9-16(19(14)15)21(25)29/h3-4,6-9H,2,5,10-13H2,1H3,(H2,23,24,26,30). The minimum atomic E-state index is -0.743. The number of carbonyl (C=O) groups is 5. The lowest BCUT2D eigenvalue weighted by molar-refractivity contribution is -0.148. The van der Waals surface area contributed by atoms with Crippen LogP contribution in [0.2, 0.25) is 0 Å². The van der Waals surface area contributed by atoms with Crippen molar-refractivity contribution in [1.82, 2.24) is 15.5 Å². The van der Waals surface area contributed by atoms with Crippen molar-refractivity contribution < 1.29 is 28.7 Å². The van der Waals surface area contributed by atoms with Crippen molar-refractivity contribution in [3.8, 4) is 0 Å². The number of hydrogen-bond acceptors (Lipinski definition) is 6. The Bertz CT molecular complexity index is 998. The highest BCUT2D eigenvalue weighted by molar-refractivity contribution is 6.25. The van der Waals surface area contributed by atoms with Gasteiger partial charge in [-0.25, -0.2) is 4.79 Å². The maximum atomic E-state index is 12.8. The number of urea groups is 1. The number of rotatable bonds is 8. The maximum absolute atomic E-state index is 12.8. The molecule has 1 heterocycles. The van der Waals surface area contributed by atoms with Crippen molar-refractivity contribution in [2.75, 3.05) is 19.7 Å². The first-order chi connectivity index (χ1) is 14.9. The molecular weight excluding hydrogens is 402 g/mol. The van der Waals surface area contributed by atoms with Crippen LogP contribution in [0.4, 0.5) is 4.79 Å². The van der Waals surface area contributed by atoms with Crippen LogP contribution in [0, 0.1) is 0 Å². The summed E-state index contributed by atoms with van der Waals surface area (Å²) in [5.41, 5.74) is 0.904. The third-order valence-electron chi connectivity index (χ3n) is 4.77. The fraction of sp³-hybridized carbons (Fsp3) is 0.318. The predicted octanol–water partition coefficient (Wildman–Crippen LogP) is 1.99. The zero-order valence-corrected chi connectivity index (χ0v) is 17.1. The molecular formula is C22H23N3O6. The molecule has 31 heavy (non-hydrogen) atoms. The molecule has 0 fully saturated rings. The summed E-state index contributed by atoms with van der Waals surface area (Å²) in [5, 5.41) is 5.97. The molecule has 0 aliphatic carbocycles. The minimum Gasteiger partial charge on any atom is -0.456 e. The number of carbonyl (C=O) groups excluding carboxylic acids is 5. The number of amides is 5. The van der Waals surface area contributed by atoms with E-state index in [-0.39, 0.29) is 19.4 Å². The van der Waals surface area contributed by atoms with E-state index in [1.165, 1.54) is 0 Å². The molecule has 0 atom stereocenters. The molecule has 2 aromatic rings. The summed E-state index contributed by atoms with van der Waals surface area (Å²) in [7, 11) is 0. The molecule has 1 aliphatic heterocycles. The summed E-state index contributed by atoms with van der Waals surface area (Å²) in [6, 6.07) is 9.92. The summed E-state index contributed by atoms with van der Waals surface area (Å²) in [6.07, 6.45) is 0.824. The Kier molecular flexibility index (Phi) is 6.96. The Balaban J connectivity index is 1.49. The molecule has 5 amide bonds. The molecule has 162 valence electrons. The van der Waals surface area contributed by atoms with Gasteiger partial charge < -0.3 is 10.1 Å². The van der Waals surface area contributed by atoms with Gasteiger partial charge in [0, 0.05) is 36.0 Å². The number of hydrogen-bond donors (Lipinski definition) is 2. The van der Waals surface area contributed by atoms with Gasteiger partial charge in [0.1, 0.15) is 0 Å². The lowest BCUT2D eigenvalue weighted by atomic mass is 9.94. The highest BCUT2D eigenvalue weighted by Crippen LogP contribution is 2.30. The van der Waals surface area contributed by atoms with E-state index >= 15 is 0 Å². The Hall–Kier alpha value is -3.75. The maximum Gasteiger partial charge on any atom is 0.321 e. The van der Waals surface area contributed by atoms with Gasteiger partial charge >= 0.3 is 12.0 Å². The summed E-state index contributed by atoms with van der Waals surface area (Å²) in [6.45, 7) is 1.75. The minimum absolute atomic E-state index is 0.0448. The number of benzene rings is 2. The molecule has 2 aromatic carbocycles. The van der Waals surface area contributed by atoms with Crippen molar-refractivity contribution >= 4 is 40.5 Å². The fourth-order valence-corrected chi connectivity index (χ4v) is 3.33. The summed E-state index contributed by atoms with van der Waals surface area (Å²) in [4.78, 5) is 61.5. The highest BCUT2D eigenvalue weighted by atomic mass is 16.5. The number of ether oxygens (including phenoxy) is 1. The Morgan fingerprint density at radius 2 is 1.65 bits per heavy atom. The van der Waals surface area contributed by atoms with Crippen LogP contribution in [0.3, 0.4) is 0 Å². The highest BCUT2D eigenvalue weighted by Gasteiger charge is 2.32. The van der Waals surface area contributed by atoms with Crippen LogP contribution in [-0.4, -0.2) is 54.3 Å². The second kappa shape index (κ2) is 9.84. The molecule has 1 aliphatic rings. The SMILES string of the molecule is CCCNC(=O)NC(=O)COC(=O)CCCN1C(=O)c2cccc3cccc(c23)C1=O. The molecule has 0 saturated heterocycles. The fourth-order valence-electron chi connectivity index (χ4n) is 3.33. The van der Waals surface area contributed by atoms with Crippen molar-refractivity contribution in [3.05, 3.63) is 47.5 Å². The largest absolute Gasteiger partial charge is 0.456 e. The first-order valence-corrected chi connectivity index (χ1v) is 10.0. The van der Waals surface area contributed by atoms with Gasteiger partial charge in [-0.05, 0) is 30.4 Å². The molecule has 0 radical (unpaired) electrons. The van der Waals surface area contributed by atoms with Gasteiger partial charge in [0.25, 0.3) is 17.7 Å². The van der Waals surface area contributed by atoms with E-state index in [0.29, 0.717) is 23.1 Å². The summed E-state index contributed by atoms with van der Waals surface area (Å²) < 4.78 is 4.84. The molecule has 0 aromatic heterocycles. The van der Waals surface area contributed by atoms with E-state index < -0.39 is 36.3 Å². The summed E-state index contributed by atoms with van der Waals surface area (Å²) >= 11 is 0. The van der Waals surface area contributed by atoms with Gasteiger partial charge in [0.15, 0.2) is 6.61 Å². The Morgan fingerprint density at radius 3 is 2.26 bits per heavy atom. The van der Waals surface area contributed by atoms with Crippen LogP contribution in [0.25, 0.3) is 10.8 Å². The molecule has 0 spiro atoms. The van der Waals surface area contributed by atoms with E-state index in [1.807, 2.05) is 24.4 Å². The molecule has 9 heteroatoms. The smallest absolute Gasteiger partial charge is 0.321 e. The van der Waals surface area contributed by atoms with Crippen LogP contribution < -0.4 is 10.6 Å². The van der Waals surface area contributed by atoms with Crippen molar-refractivity contribution in [2.45, 2.75) is 26.2 Å². The molecule has 0 unspecified atom stereocenters. The summed E-state index contributed by atoms with van der Waals surface area (Å²) in [5.74, 6) is -2.21. The van der Waals surface area contributed by atoms with Crippen molar-refractivity contribution in [2.24, 2.45) is 0 Å². The number of esters is 1. The van der Waals surface area contributed by atoms with Gasteiger partial charge in [-0.3, -0.25) is 29.4 Å². The Labute approximate surface area is 178 Å². The van der Waals surface area contributed by atoms with Crippen molar-refractivity contribution in [1.29, 1.82) is 0 Å². The lowest BCUT2D eigenvalue weighted by Crippen LogP contribution is -2.42. The van der Waals surface area contributed by atoms with Gasteiger partial charge in [-0.1, -0.05) is 31.2 Å². The first kappa shape index (κ1) is 21.9. The van der Waals surface area contributed by atoms with Crippen molar-refractivity contribution in [3.63, 3.8) is 0 Å². The van der Waals surface area contributed by atoms with E-state index in [1.54, 1.807) is 24.3 Å². The Morgan fingerprint density at radius 1 is 1.00 bits per heavy atom. The van der Waals surface area contributed by atoms with Gasteiger partial charge in [0.2, 0.25) is 0 Å². The van der Waals surface area contributed by atoms with Crippen LogP contribution in [-0.2, 0) is 14.3 Å². The van der Waals surface area contributed by atoms with Crippen LogP contribution in [0.5, 0.6) is 0 Å². The topological polar surface area (TPSA) is 122 Å². The van der Waals surface area contributed by atoms with Gasteiger partial charge in [-0.15, -0.1) is 0 Å². The molecule has 3 rings (SSSR count). The monoisotopic (exact) mass is 425 g/mol. The first-order valence-electron chi connectivity index (χ1n) is 10.0. The lowest BCUT2D eigenvalue weighted by Gasteiger charge is -2.27. The van der Waals surface area contributed by atoms with E-state index in [0.717, 1.165) is 16.7 Å². The number of imide groups is 2. The molecule has 0 saturated carbocycles. The third-order valence-corrected chi connectivity index (χ3v) is 4.77. The van der Waals surface area contributed by atoms with Crippen LogP contribution in [0.1, 0.15) is 46.9 Å². The number of nitrogens with zero attached hydrogens (tertiary/aromatic N) is 1. The predicted molar refractivity (Wildman–Crippen MR) is 111 cm³/mol. The average molecular weight is 425 g/mol. The van der Waals surface area contributed by atoms with Gasteiger partial charge in [-0.2, -0.15) is 0 Å². The molecule has 0 bridgehead atoms. The zero-order chi connectivity index (χ0) is 22.4. The average Bonchev–Trinajstić information content (AvgIpc) is 2.76. The quantitative estimate of drug-likeness (QED) is 0.493. The van der Waals surface area contributed by atoms with Gasteiger partial charge in [0.05, 0.1) is 0 Å². The molecule has 9 nitrogen and oxygen atoms in total. The molecule has 2 N–H and O–H groups in total.